The number of Topliss-reactive ketones (excluding diaryl/α,β-unsaturated/α-hetero) is 1. The van der Waals surface area contributed by atoms with Gasteiger partial charge in [-0.3, -0.25) is 19.3 Å². The van der Waals surface area contributed by atoms with Gasteiger partial charge in [0.1, 0.15) is 0 Å². The second-order valence-corrected chi connectivity index (χ2v) is 8.41. The number of nitrogens with one attached hydrogen (secondary N) is 1. The van der Waals surface area contributed by atoms with E-state index >= 15 is 0 Å². The van der Waals surface area contributed by atoms with E-state index in [4.69, 9.17) is 0 Å². The molecule has 7 heteroatoms. The molecule has 1 aliphatic heterocycles. The van der Waals surface area contributed by atoms with Crippen molar-refractivity contribution < 1.29 is 14.4 Å². The molecule has 1 heterocycles. The Bertz CT molecular complexity index is 948. The van der Waals surface area contributed by atoms with Gasteiger partial charge in [-0.25, -0.2) is 0 Å². The third-order valence-electron chi connectivity index (χ3n) is 5.95. The molecule has 32 heavy (non-hydrogen) atoms. The van der Waals surface area contributed by atoms with Crippen LogP contribution >= 0.6 is 0 Å². The second kappa shape index (κ2) is 10.4. The van der Waals surface area contributed by atoms with Gasteiger partial charge in [0.05, 0.1) is 12.6 Å². The number of carbonyl (C=O) groups is 3. The van der Waals surface area contributed by atoms with Crippen LogP contribution in [-0.2, 0) is 9.59 Å². The van der Waals surface area contributed by atoms with Crippen molar-refractivity contribution in [3.8, 4) is 0 Å². The smallest absolute Gasteiger partial charge is 0.243 e. The van der Waals surface area contributed by atoms with Gasteiger partial charge in [0, 0.05) is 50.2 Å². The van der Waals surface area contributed by atoms with Crippen LogP contribution < -0.4 is 10.2 Å². The number of hydrogen-bond donors (Lipinski definition) is 1. The monoisotopic (exact) mass is 436 g/mol. The Kier molecular flexibility index (Phi) is 7.64. The summed E-state index contributed by atoms with van der Waals surface area (Å²) in [6.07, 6.45) is 0. The van der Waals surface area contributed by atoms with E-state index < -0.39 is 0 Å². The molecule has 0 spiro atoms. The summed E-state index contributed by atoms with van der Waals surface area (Å²) >= 11 is 0. The number of amides is 2. The molecule has 170 valence electrons. The molecule has 0 radical (unpaired) electrons. The van der Waals surface area contributed by atoms with Gasteiger partial charge in [-0.1, -0.05) is 17.7 Å². The van der Waals surface area contributed by atoms with Crippen LogP contribution in [0, 0.1) is 6.92 Å². The first-order chi connectivity index (χ1) is 15.2. The lowest BCUT2D eigenvalue weighted by molar-refractivity contribution is -0.137. The molecule has 7 nitrogen and oxygen atoms in total. The number of benzene rings is 2. The van der Waals surface area contributed by atoms with E-state index in [1.165, 1.54) is 4.90 Å². The fourth-order valence-electron chi connectivity index (χ4n) is 3.88. The van der Waals surface area contributed by atoms with Crippen LogP contribution in [0.1, 0.15) is 29.8 Å². The van der Waals surface area contributed by atoms with Gasteiger partial charge in [-0.2, -0.15) is 0 Å². The molecule has 3 rings (SSSR count). The summed E-state index contributed by atoms with van der Waals surface area (Å²) in [5.74, 6) is -0.218. The molecule has 1 N–H and O–H groups in total. The van der Waals surface area contributed by atoms with Gasteiger partial charge in [0.2, 0.25) is 11.8 Å². The average Bonchev–Trinajstić information content (AvgIpc) is 2.79. The molecule has 0 aromatic heterocycles. The Labute approximate surface area is 190 Å². The number of carbonyl (C=O) groups excluding carboxylic acids is 3. The van der Waals surface area contributed by atoms with Crippen molar-refractivity contribution in [1.82, 2.24) is 9.80 Å². The lowest BCUT2D eigenvalue weighted by Crippen LogP contribution is -2.54. The van der Waals surface area contributed by atoms with Gasteiger partial charge < -0.3 is 15.1 Å². The van der Waals surface area contributed by atoms with E-state index in [0.717, 1.165) is 43.1 Å². The molecule has 2 aromatic carbocycles. The first-order valence-electron chi connectivity index (χ1n) is 11.0. The SMILES string of the molecule is CC(=O)c1ccc(N2CCN(C(C)C(=O)N(C)CC(=O)Nc3ccc(C)cc3)CC2)cc1. The van der Waals surface area contributed by atoms with Gasteiger partial charge in [0.15, 0.2) is 5.78 Å². The molecular formula is C25H32N4O3. The Morgan fingerprint density at radius 1 is 0.969 bits per heavy atom. The maximum atomic E-state index is 12.9. The summed E-state index contributed by atoms with van der Waals surface area (Å²) < 4.78 is 0. The number of hydrogen-bond acceptors (Lipinski definition) is 5. The van der Waals surface area contributed by atoms with Gasteiger partial charge >= 0.3 is 0 Å². The van der Waals surface area contributed by atoms with E-state index in [2.05, 4.69) is 15.1 Å². The summed E-state index contributed by atoms with van der Waals surface area (Å²) in [6, 6.07) is 14.9. The molecule has 0 aliphatic carbocycles. The van der Waals surface area contributed by atoms with Gasteiger partial charge in [-0.15, -0.1) is 0 Å². The number of likely N-dealkylation sites (N-methyl/N-ethyl adjacent to an activating group) is 1. The molecule has 1 fully saturated rings. The number of rotatable bonds is 7. The maximum Gasteiger partial charge on any atom is 0.243 e. The highest BCUT2D eigenvalue weighted by atomic mass is 16.2. The molecule has 1 unspecified atom stereocenters. The highest BCUT2D eigenvalue weighted by Crippen LogP contribution is 2.19. The number of nitrogens with zero attached hydrogens (tertiary/aromatic N) is 3. The molecule has 0 bridgehead atoms. The van der Waals surface area contributed by atoms with Crippen LogP contribution in [0.3, 0.4) is 0 Å². The summed E-state index contributed by atoms with van der Waals surface area (Å²) in [4.78, 5) is 42.6. The summed E-state index contributed by atoms with van der Waals surface area (Å²) in [5.41, 5.74) is 3.64. The van der Waals surface area contributed by atoms with Crippen molar-refractivity contribution in [2.75, 3.05) is 50.0 Å². The van der Waals surface area contributed by atoms with Crippen molar-refractivity contribution in [3.05, 3.63) is 59.7 Å². The predicted molar refractivity (Wildman–Crippen MR) is 127 cm³/mol. The third-order valence-corrected chi connectivity index (χ3v) is 5.95. The minimum absolute atomic E-state index is 0.0134. The Balaban J connectivity index is 1.48. The second-order valence-electron chi connectivity index (χ2n) is 8.41. The predicted octanol–water partition coefficient (Wildman–Crippen LogP) is 2.81. The van der Waals surface area contributed by atoms with Crippen molar-refractivity contribution in [2.45, 2.75) is 26.8 Å². The van der Waals surface area contributed by atoms with Crippen molar-refractivity contribution in [3.63, 3.8) is 0 Å². The van der Waals surface area contributed by atoms with Gasteiger partial charge in [-0.05, 0) is 57.2 Å². The third kappa shape index (κ3) is 5.95. The molecule has 2 aromatic rings. The van der Waals surface area contributed by atoms with E-state index in [9.17, 15) is 14.4 Å². The van der Waals surface area contributed by atoms with Crippen molar-refractivity contribution >= 4 is 29.0 Å². The molecule has 2 amide bonds. The van der Waals surface area contributed by atoms with Crippen LogP contribution in [0.25, 0.3) is 0 Å². The lowest BCUT2D eigenvalue weighted by Gasteiger charge is -2.39. The molecule has 1 atom stereocenters. The normalized spacial score (nSPS) is 15.2. The van der Waals surface area contributed by atoms with Crippen LogP contribution in [0.4, 0.5) is 11.4 Å². The molecule has 1 aliphatic rings. The fourth-order valence-corrected chi connectivity index (χ4v) is 3.88. The van der Waals surface area contributed by atoms with E-state index in [0.29, 0.717) is 5.56 Å². The number of anilines is 2. The van der Waals surface area contributed by atoms with E-state index in [-0.39, 0.29) is 30.2 Å². The number of aryl methyl sites for hydroxylation is 1. The van der Waals surface area contributed by atoms with Gasteiger partial charge in [0.25, 0.3) is 0 Å². The van der Waals surface area contributed by atoms with Crippen molar-refractivity contribution in [2.24, 2.45) is 0 Å². The average molecular weight is 437 g/mol. The van der Waals surface area contributed by atoms with Crippen LogP contribution in [-0.4, -0.2) is 73.2 Å². The van der Waals surface area contributed by atoms with E-state index in [1.807, 2.05) is 62.4 Å². The fraction of sp³-hybridized carbons (Fsp3) is 0.400. The summed E-state index contributed by atoms with van der Waals surface area (Å²) in [6.45, 7) is 8.57. The molecular weight excluding hydrogens is 404 g/mol. The Hall–Kier alpha value is -3.19. The number of piperazine rings is 1. The standard InChI is InChI=1S/C25H32N4O3/c1-18-5-9-22(10-6-18)26-24(31)17-27(4)25(32)19(2)28-13-15-29(16-14-28)23-11-7-21(8-12-23)20(3)30/h5-12,19H,13-17H2,1-4H3,(H,26,31). The Morgan fingerprint density at radius 3 is 2.12 bits per heavy atom. The molecule has 0 saturated carbocycles. The minimum Gasteiger partial charge on any atom is -0.369 e. The number of ketones is 1. The van der Waals surface area contributed by atoms with Crippen LogP contribution in [0.2, 0.25) is 0 Å². The highest BCUT2D eigenvalue weighted by molar-refractivity contribution is 5.95. The molecule has 1 saturated heterocycles. The quantitative estimate of drug-likeness (QED) is 0.676. The maximum absolute atomic E-state index is 12.9. The van der Waals surface area contributed by atoms with Crippen molar-refractivity contribution in [1.29, 1.82) is 0 Å². The lowest BCUT2D eigenvalue weighted by atomic mass is 10.1. The summed E-state index contributed by atoms with van der Waals surface area (Å²) in [5, 5.41) is 2.83. The largest absolute Gasteiger partial charge is 0.369 e. The highest BCUT2D eigenvalue weighted by Gasteiger charge is 2.28. The van der Waals surface area contributed by atoms with Crippen LogP contribution in [0.5, 0.6) is 0 Å². The summed E-state index contributed by atoms with van der Waals surface area (Å²) in [7, 11) is 1.67. The topological polar surface area (TPSA) is 73.0 Å². The zero-order chi connectivity index (χ0) is 23.3. The minimum atomic E-state index is -0.297. The zero-order valence-electron chi connectivity index (χ0n) is 19.3. The first-order valence-corrected chi connectivity index (χ1v) is 11.0. The van der Waals surface area contributed by atoms with E-state index in [1.54, 1.807) is 14.0 Å². The van der Waals surface area contributed by atoms with Crippen LogP contribution in [0.15, 0.2) is 48.5 Å². The zero-order valence-corrected chi connectivity index (χ0v) is 19.3. The Morgan fingerprint density at radius 2 is 1.56 bits per heavy atom. The first kappa shape index (κ1) is 23.5.